The van der Waals surface area contributed by atoms with E-state index >= 15 is 0 Å². The zero-order chi connectivity index (χ0) is 20.1. The Balaban J connectivity index is 1.58. The highest BCUT2D eigenvalue weighted by molar-refractivity contribution is 9.10. The summed E-state index contributed by atoms with van der Waals surface area (Å²) in [6, 6.07) is 26.0. The lowest BCUT2D eigenvalue weighted by Crippen LogP contribution is -1.99. The van der Waals surface area contributed by atoms with E-state index < -0.39 is 0 Å². The van der Waals surface area contributed by atoms with Gasteiger partial charge < -0.3 is 4.57 Å². The lowest BCUT2D eigenvalue weighted by molar-refractivity contribution is 0.817. The van der Waals surface area contributed by atoms with Gasteiger partial charge in [0, 0.05) is 4.47 Å². The number of fused-ring (bicyclic) bond motifs is 1. The van der Waals surface area contributed by atoms with Crippen molar-refractivity contribution in [3.8, 4) is 0 Å². The molecule has 0 aliphatic carbocycles. The van der Waals surface area contributed by atoms with E-state index in [0.29, 0.717) is 18.3 Å². The number of anilines is 1. The van der Waals surface area contributed by atoms with Gasteiger partial charge in [0.05, 0.1) is 23.3 Å². The molecule has 0 unspecified atom stereocenters. The van der Waals surface area contributed by atoms with Gasteiger partial charge in [-0.3, -0.25) is 5.43 Å². The van der Waals surface area contributed by atoms with Gasteiger partial charge in [0.25, 0.3) is 5.95 Å². The van der Waals surface area contributed by atoms with E-state index in [1.54, 1.807) is 6.92 Å². The average Bonchev–Trinajstić information content (AvgIpc) is 3.10. The minimum Gasteiger partial charge on any atom is -0.303 e. The van der Waals surface area contributed by atoms with Crippen LogP contribution in [0.3, 0.4) is 0 Å². The third kappa shape index (κ3) is 4.75. The Morgan fingerprint density at radius 2 is 1.69 bits per heavy atom. The van der Waals surface area contributed by atoms with Crippen LogP contribution in [-0.2, 0) is 6.54 Å². The monoisotopic (exact) mass is 446 g/mol. The van der Waals surface area contributed by atoms with Crippen LogP contribution in [0, 0.1) is 0 Å². The van der Waals surface area contributed by atoms with Crippen molar-refractivity contribution in [2.45, 2.75) is 13.5 Å². The second-order valence-corrected chi connectivity index (χ2v) is 7.37. The Morgan fingerprint density at radius 1 is 0.966 bits per heavy atom. The van der Waals surface area contributed by atoms with Gasteiger partial charge in [-0.05, 0) is 48.9 Å². The van der Waals surface area contributed by atoms with Crippen molar-refractivity contribution in [3.05, 3.63) is 88.9 Å². The molecule has 0 amide bonds. The van der Waals surface area contributed by atoms with Crippen LogP contribution in [0.25, 0.3) is 11.0 Å². The highest BCUT2D eigenvalue weighted by Crippen LogP contribution is 2.23. The van der Waals surface area contributed by atoms with Gasteiger partial charge in [0.1, 0.15) is 0 Å². The van der Waals surface area contributed by atoms with Crippen molar-refractivity contribution in [2.75, 3.05) is 5.43 Å². The molecule has 7 heteroatoms. The number of halogens is 1. The summed E-state index contributed by atoms with van der Waals surface area (Å²) in [5.41, 5.74) is 6.93. The predicted molar refractivity (Wildman–Crippen MR) is 121 cm³/mol. The number of imidazole rings is 1. The molecule has 1 aromatic heterocycles. The SMILES string of the molecule is C/C(N=Nc1nc2ccccc2n1Cc1ccccc1)=N/Nc1ccc(Br)cc1. The van der Waals surface area contributed by atoms with Crippen LogP contribution >= 0.6 is 15.9 Å². The van der Waals surface area contributed by atoms with Crippen LogP contribution < -0.4 is 5.43 Å². The van der Waals surface area contributed by atoms with Crippen LogP contribution in [0.1, 0.15) is 12.5 Å². The maximum Gasteiger partial charge on any atom is 0.250 e. The summed E-state index contributed by atoms with van der Waals surface area (Å²) in [5.74, 6) is 1.06. The molecule has 0 bridgehead atoms. The molecule has 0 radical (unpaired) electrons. The number of hydrazone groups is 1. The largest absolute Gasteiger partial charge is 0.303 e. The fourth-order valence-corrected chi connectivity index (χ4v) is 3.13. The van der Waals surface area contributed by atoms with Gasteiger partial charge in [-0.2, -0.15) is 5.10 Å². The number of azo groups is 1. The molecule has 0 aliphatic heterocycles. The summed E-state index contributed by atoms with van der Waals surface area (Å²) in [6.07, 6.45) is 0. The first kappa shape index (κ1) is 19.0. The fourth-order valence-electron chi connectivity index (χ4n) is 2.87. The molecule has 0 saturated heterocycles. The van der Waals surface area contributed by atoms with E-state index in [9.17, 15) is 0 Å². The Bertz CT molecular complexity index is 1160. The molecule has 0 saturated carbocycles. The summed E-state index contributed by atoms with van der Waals surface area (Å²) in [6.45, 7) is 2.46. The van der Waals surface area contributed by atoms with E-state index in [-0.39, 0.29) is 0 Å². The second kappa shape index (κ2) is 8.79. The molecule has 0 aliphatic rings. The zero-order valence-electron chi connectivity index (χ0n) is 15.8. The highest BCUT2D eigenvalue weighted by Gasteiger charge is 2.10. The van der Waals surface area contributed by atoms with Crippen molar-refractivity contribution in [1.82, 2.24) is 9.55 Å². The number of benzene rings is 3. The molecule has 144 valence electrons. The standard InChI is InChI=1S/C22H19BrN6/c1-16(25-27-19-13-11-18(23)12-14-19)26-28-22-24-20-9-5-6-10-21(20)29(22)15-17-7-3-2-4-8-17/h2-14,27H,15H2,1H3/b25-16-,28-26?. The smallest absolute Gasteiger partial charge is 0.250 e. The van der Waals surface area contributed by atoms with Gasteiger partial charge in [-0.15, -0.1) is 10.2 Å². The second-order valence-electron chi connectivity index (χ2n) is 6.45. The topological polar surface area (TPSA) is 66.9 Å². The van der Waals surface area contributed by atoms with Gasteiger partial charge in [0.15, 0.2) is 5.84 Å². The molecule has 29 heavy (non-hydrogen) atoms. The van der Waals surface area contributed by atoms with Gasteiger partial charge in [-0.25, -0.2) is 4.98 Å². The Labute approximate surface area is 177 Å². The summed E-state index contributed by atoms with van der Waals surface area (Å²) >= 11 is 3.41. The summed E-state index contributed by atoms with van der Waals surface area (Å²) in [5, 5.41) is 12.9. The van der Waals surface area contributed by atoms with Crippen molar-refractivity contribution in [2.24, 2.45) is 15.3 Å². The summed E-state index contributed by atoms with van der Waals surface area (Å²) < 4.78 is 3.07. The third-order valence-electron chi connectivity index (χ3n) is 4.29. The Kier molecular flexibility index (Phi) is 5.76. The van der Waals surface area contributed by atoms with Crippen molar-refractivity contribution in [1.29, 1.82) is 0 Å². The quantitative estimate of drug-likeness (QED) is 0.167. The molecule has 0 atom stereocenters. The molecule has 4 rings (SSSR count). The maximum absolute atomic E-state index is 4.63. The molecule has 1 heterocycles. The van der Waals surface area contributed by atoms with Gasteiger partial charge >= 0.3 is 0 Å². The van der Waals surface area contributed by atoms with Crippen molar-refractivity contribution >= 4 is 44.4 Å². The number of nitrogens with one attached hydrogen (secondary N) is 1. The highest BCUT2D eigenvalue weighted by atomic mass is 79.9. The minimum absolute atomic E-state index is 0.506. The first-order valence-corrected chi connectivity index (χ1v) is 9.95. The number of rotatable bonds is 5. The van der Waals surface area contributed by atoms with E-state index in [1.807, 2.05) is 66.7 Å². The van der Waals surface area contributed by atoms with Crippen molar-refractivity contribution < 1.29 is 0 Å². The number of aromatic nitrogens is 2. The number of amidine groups is 1. The average molecular weight is 447 g/mol. The van der Waals surface area contributed by atoms with E-state index in [1.165, 1.54) is 5.56 Å². The lowest BCUT2D eigenvalue weighted by atomic mass is 10.2. The minimum atomic E-state index is 0.506. The molecular formula is C22H19BrN6. The van der Waals surface area contributed by atoms with E-state index in [0.717, 1.165) is 21.2 Å². The van der Waals surface area contributed by atoms with Crippen LogP contribution in [0.2, 0.25) is 0 Å². The van der Waals surface area contributed by atoms with Gasteiger partial charge in [-0.1, -0.05) is 58.4 Å². The van der Waals surface area contributed by atoms with Crippen LogP contribution in [-0.4, -0.2) is 15.4 Å². The molecule has 3 aromatic carbocycles. The molecular weight excluding hydrogens is 428 g/mol. The summed E-state index contributed by atoms with van der Waals surface area (Å²) in [7, 11) is 0. The molecule has 0 fully saturated rings. The first-order valence-electron chi connectivity index (χ1n) is 9.16. The summed E-state index contributed by atoms with van der Waals surface area (Å²) in [4.78, 5) is 4.63. The maximum atomic E-state index is 4.63. The molecule has 1 N–H and O–H groups in total. The molecule has 0 spiro atoms. The first-order chi connectivity index (χ1) is 14.2. The number of nitrogens with zero attached hydrogens (tertiary/aromatic N) is 5. The zero-order valence-corrected chi connectivity index (χ0v) is 17.4. The predicted octanol–water partition coefficient (Wildman–Crippen LogP) is 6.38. The number of hydrogen-bond donors (Lipinski definition) is 1. The lowest BCUT2D eigenvalue weighted by Gasteiger charge is -2.06. The molecule has 4 aromatic rings. The van der Waals surface area contributed by atoms with Crippen molar-refractivity contribution in [3.63, 3.8) is 0 Å². The normalized spacial score (nSPS) is 12.0. The number of hydrogen-bond acceptors (Lipinski definition) is 4. The Morgan fingerprint density at radius 3 is 2.48 bits per heavy atom. The fraction of sp³-hybridized carbons (Fsp3) is 0.0909. The van der Waals surface area contributed by atoms with E-state index in [4.69, 9.17) is 0 Å². The van der Waals surface area contributed by atoms with E-state index in [2.05, 4.69) is 58.4 Å². The Hall–Kier alpha value is -3.32. The third-order valence-corrected chi connectivity index (χ3v) is 4.82. The van der Waals surface area contributed by atoms with Gasteiger partial charge in [0.2, 0.25) is 0 Å². The van der Waals surface area contributed by atoms with Crippen LogP contribution in [0.15, 0.2) is 98.7 Å². The number of para-hydroxylation sites is 2. The van der Waals surface area contributed by atoms with Crippen LogP contribution in [0.4, 0.5) is 11.6 Å². The molecule has 6 nitrogen and oxygen atoms in total. The van der Waals surface area contributed by atoms with Crippen LogP contribution in [0.5, 0.6) is 0 Å².